The Balaban J connectivity index is 3.00. The van der Waals surface area contributed by atoms with E-state index in [1.807, 2.05) is 0 Å². The van der Waals surface area contributed by atoms with E-state index < -0.39 is 64.8 Å². The second-order valence-corrected chi connectivity index (χ2v) is 7.04. The molecule has 1 aromatic rings. The topological polar surface area (TPSA) is 92.7 Å². The van der Waals surface area contributed by atoms with Crippen LogP contribution in [0.4, 0.5) is 18.0 Å². The van der Waals surface area contributed by atoms with Crippen molar-refractivity contribution >= 4 is 17.8 Å². The fourth-order valence-corrected chi connectivity index (χ4v) is 2.40. The van der Waals surface area contributed by atoms with E-state index in [2.05, 4.69) is 5.32 Å². The SMILES string of the molecule is CC[C@@](CCC(=O)c1c(F)cc(F)cc1F)(NC(=O)OC(C)(C)C)C(=O)O. The molecular weight excluding hydrogens is 367 g/mol. The number of rotatable bonds is 7. The van der Waals surface area contributed by atoms with Crippen molar-refractivity contribution < 1.29 is 37.4 Å². The van der Waals surface area contributed by atoms with Crippen LogP contribution < -0.4 is 5.32 Å². The highest BCUT2D eigenvalue weighted by molar-refractivity contribution is 5.97. The molecule has 1 aromatic carbocycles. The van der Waals surface area contributed by atoms with E-state index in [1.165, 1.54) is 6.92 Å². The van der Waals surface area contributed by atoms with E-state index in [1.54, 1.807) is 20.8 Å². The summed E-state index contributed by atoms with van der Waals surface area (Å²) in [4.78, 5) is 35.8. The number of halogens is 3. The Hall–Kier alpha value is -2.58. The monoisotopic (exact) mass is 389 g/mol. The molecule has 150 valence electrons. The van der Waals surface area contributed by atoms with Gasteiger partial charge in [-0.2, -0.15) is 0 Å². The summed E-state index contributed by atoms with van der Waals surface area (Å²) >= 11 is 0. The first-order valence-corrected chi connectivity index (χ1v) is 8.23. The van der Waals surface area contributed by atoms with E-state index in [0.717, 1.165) is 0 Å². The lowest BCUT2D eigenvalue weighted by Gasteiger charge is -2.30. The van der Waals surface area contributed by atoms with Crippen LogP contribution in [-0.4, -0.2) is 34.1 Å². The van der Waals surface area contributed by atoms with E-state index in [-0.39, 0.29) is 6.42 Å². The van der Waals surface area contributed by atoms with Crippen LogP contribution in [0, 0.1) is 17.5 Å². The van der Waals surface area contributed by atoms with Crippen molar-refractivity contribution in [3.05, 3.63) is 35.1 Å². The molecule has 0 saturated heterocycles. The van der Waals surface area contributed by atoms with Crippen molar-refractivity contribution in [3.63, 3.8) is 0 Å². The van der Waals surface area contributed by atoms with Crippen molar-refractivity contribution in [1.82, 2.24) is 5.32 Å². The molecule has 6 nitrogen and oxygen atoms in total. The van der Waals surface area contributed by atoms with E-state index >= 15 is 0 Å². The number of carboxylic acid groups (broad SMARTS) is 1. The van der Waals surface area contributed by atoms with Crippen molar-refractivity contribution in [3.8, 4) is 0 Å². The summed E-state index contributed by atoms with van der Waals surface area (Å²) in [5.74, 6) is -6.41. The number of hydrogen-bond acceptors (Lipinski definition) is 4. The van der Waals surface area contributed by atoms with E-state index in [0.29, 0.717) is 12.1 Å². The highest BCUT2D eigenvalue weighted by atomic mass is 19.1. The normalized spacial score (nSPS) is 13.6. The average molecular weight is 389 g/mol. The summed E-state index contributed by atoms with van der Waals surface area (Å²) in [6.07, 6.45) is -2.13. The molecule has 27 heavy (non-hydrogen) atoms. The number of aliphatic carboxylic acids is 1. The predicted octanol–water partition coefficient (Wildman–Crippen LogP) is 3.82. The molecule has 0 aliphatic rings. The predicted molar refractivity (Wildman–Crippen MR) is 89.9 cm³/mol. The van der Waals surface area contributed by atoms with Crippen molar-refractivity contribution in [2.24, 2.45) is 0 Å². The summed E-state index contributed by atoms with van der Waals surface area (Å²) in [7, 11) is 0. The first kappa shape index (κ1) is 22.5. The third-order valence-electron chi connectivity index (χ3n) is 3.82. The van der Waals surface area contributed by atoms with Gasteiger partial charge in [-0.3, -0.25) is 4.79 Å². The number of carboxylic acids is 1. The van der Waals surface area contributed by atoms with Crippen molar-refractivity contribution in [2.75, 3.05) is 0 Å². The summed E-state index contributed by atoms with van der Waals surface area (Å²) < 4.78 is 45.4. The fourth-order valence-electron chi connectivity index (χ4n) is 2.40. The molecule has 0 unspecified atom stereocenters. The second kappa shape index (κ2) is 8.41. The lowest BCUT2D eigenvalue weighted by Crippen LogP contribution is -2.55. The van der Waals surface area contributed by atoms with Gasteiger partial charge in [-0.15, -0.1) is 0 Å². The maximum Gasteiger partial charge on any atom is 0.408 e. The first-order chi connectivity index (χ1) is 12.3. The van der Waals surface area contributed by atoms with E-state index in [9.17, 15) is 32.7 Å². The van der Waals surface area contributed by atoms with Crippen molar-refractivity contribution in [1.29, 1.82) is 0 Å². The van der Waals surface area contributed by atoms with Crippen LogP contribution >= 0.6 is 0 Å². The Kier molecular flexibility index (Phi) is 6.99. The molecule has 0 fully saturated rings. The number of Topliss-reactive ketones (excluding diaryl/α,β-unsaturated/α-hetero) is 1. The maximum atomic E-state index is 13.7. The number of carbonyl (C=O) groups excluding carboxylic acids is 2. The summed E-state index contributed by atoms with van der Waals surface area (Å²) in [6, 6.07) is 0.721. The molecule has 1 amide bonds. The van der Waals surface area contributed by atoms with E-state index in [4.69, 9.17) is 4.74 Å². The summed E-state index contributed by atoms with van der Waals surface area (Å²) in [6.45, 7) is 6.23. The number of hydrogen-bond donors (Lipinski definition) is 2. The standard InChI is InChI=1S/C18H22F3NO5/c1-5-18(15(24)25,22-16(26)27-17(2,3)4)7-6-13(23)14-11(20)8-10(19)9-12(14)21/h8-9H,5-7H2,1-4H3,(H,22,26)(H,24,25)/t18-/m0/s1. The second-order valence-electron chi connectivity index (χ2n) is 7.04. The molecule has 0 bridgehead atoms. The molecule has 9 heteroatoms. The first-order valence-electron chi connectivity index (χ1n) is 8.23. The molecule has 0 saturated carbocycles. The van der Waals surface area contributed by atoms with Crippen LogP contribution in [0.2, 0.25) is 0 Å². The Labute approximate surface area is 154 Å². The summed E-state index contributed by atoms with van der Waals surface area (Å²) in [5, 5.41) is 11.7. The molecule has 1 atom stereocenters. The quantitative estimate of drug-likeness (QED) is 0.692. The van der Waals surface area contributed by atoms with Gasteiger partial charge in [0.05, 0.1) is 5.56 Å². The maximum absolute atomic E-state index is 13.7. The van der Waals surface area contributed by atoms with Gasteiger partial charge >= 0.3 is 12.1 Å². The molecule has 0 aliphatic carbocycles. The minimum Gasteiger partial charge on any atom is -0.480 e. The molecule has 2 N–H and O–H groups in total. The van der Waals surface area contributed by atoms with Gasteiger partial charge in [0.2, 0.25) is 0 Å². The van der Waals surface area contributed by atoms with Crippen LogP contribution in [0.15, 0.2) is 12.1 Å². The smallest absolute Gasteiger partial charge is 0.408 e. The lowest BCUT2D eigenvalue weighted by molar-refractivity contribution is -0.145. The number of carbonyl (C=O) groups is 3. The molecule has 0 aliphatic heterocycles. The van der Waals surface area contributed by atoms with Gasteiger partial charge in [-0.05, 0) is 33.6 Å². The molecular formula is C18H22F3NO5. The van der Waals surface area contributed by atoms with Gasteiger partial charge in [0.25, 0.3) is 0 Å². The van der Waals surface area contributed by atoms with Gasteiger partial charge in [-0.1, -0.05) is 6.92 Å². The number of benzene rings is 1. The van der Waals surface area contributed by atoms with Gasteiger partial charge in [-0.25, -0.2) is 22.8 Å². The number of nitrogens with one attached hydrogen (secondary N) is 1. The highest BCUT2D eigenvalue weighted by Gasteiger charge is 2.40. The third-order valence-corrected chi connectivity index (χ3v) is 3.82. The Morgan fingerprint density at radius 2 is 1.63 bits per heavy atom. The molecule has 0 radical (unpaired) electrons. The van der Waals surface area contributed by atoms with Crippen LogP contribution in [-0.2, 0) is 9.53 Å². The highest BCUT2D eigenvalue weighted by Crippen LogP contribution is 2.23. The van der Waals surface area contributed by atoms with Crippen LogP contribution in [0.3, 0.4) is 0 Å². The molecule has 0 aromatic heterocycles. The minimum atomic E-state index is -1.87. The molecule has 1 rings (SSSR count). The van der Waals surface area contributed by atoms with Gasteiger partial charge < -0.3 is 15.2 Å². The fraction of sp³-hybridized carbons (Fsp3) is 0.500. The largest absolute Gasteiger partial charge is 0.480 e. The zero-order valence-electron chi connectivity index (χ0n) is 15.5. The minimum absolute atomic E-state index is 0.108. The Morgan fingerprint density at radius 1 is 1.11 bits per heavy atom. The number of alkyl carbamates (subject to hydrolysis) is 1. The average Bonchev–Trinajstić information content (AvgIpc) is 2.48. The number of ether oxygens (including phenoxy) is 1. The Bertz CT molecular complexity index is 722. The van der Waals surface area contributed by atoms with Crippen LogP contribution in [0.1, 0.15) is 57.3 Å². The Morgan fingerprint density at radius 3 is 2.04 bits per heavy atom. The van der Waals surface area contributed by atoms with Crippen LogP contribution in [0.25, 0.3) is 0 Å². The van der Waals surface area contributed by atoms with Gasteiger partial charge in [0.15, 0.2) is 5.78 Å². The molecule has 0 spiro atoms. The van der Waals surface area contributed by atoms with Gasteiger partial charge in [0, 0.05) is 18.6 Å². The van der Waals surface area contributed by atoms with Crippen LogP contribution in [0.5, 0.6) is 0 Å². The molecule has 0 heterocycles. The zero-order valence-corrected chi connectivity index (χ0v) is 15.5. The zero-order chi connectivity index (χ0) is 21.0. The lowest BCUT2D eigenvalue weighted by atomic mass is 9.88. The van der Waals surface area contributed by atoms with Crippen molar-refractivity contribution in [2.45, 2.75) is 58.1 Å². The third kappa shape index (κ3) is 5.97. The number of ketones is 1. The summed E-state index contributed by atoms with van der Waals surface area (Å²) in [5.41, 5.74) is -3.70. The van der Waals surface area contributed by atoms with Gasteiger partial charge in [0.1, 0.15) is 28.6 Å². The number of amides is 1.